The summed E-state index contributed by atoms with van der Waals surface area (Å²) in [6.07, 6.45) is 8.13. The molecule has 4 rings (SSSR count). The van der Waals surface area contributed by atoms with Crippen molar-refractivity contribution in [1.29, 1.82) is 0 Å². The Balaban J connectivity index is 1.49. The fourth-order valence-corrected chi connectivity index (χ4v) is 6.22. The third-order valence-corrected chi connectivity index (χ3v) is 8.21. The maximum atomic E-state index is 12.7. The molecular formula is C18H26N4O3S. The highest BCUT2D eigenvalue weighted by atomic mass is 32.2. The van der Waals surface area contributed by atoms with E-state index < -0.39 is 10.0 Å². The zero-order chi connectivity index (χ0) is 18.4. The van der Waals surface area contributed by atoms with Crippen molar-refractivity contribution < 1.29 is 13.2 Å². The highest BCUT2D eigenvalue weighted by Crippen LogP contribution is 2.42. The van der Waals surface area contributed by atoms with Crippen LogP contribution < -0.4 is 0 Å². The summed E-state index contributed by atoms with van der Waals surface area (Å²) in [5, 5.41) is -0.165. The number of carbonyl (C=O) groups excluding carboxylic acids is 1. The van der Waals surface area contributed by atoms with Crippen molar-refractivity contribution in [1.82, 2.24) is 19.2 Å². The van der Waals surface area contributed by atoms with Crippen LogP contribution in [0.1, 0.15) is 49.9 Å². The third kappa shape index (κ3) is 3.49. The van der Waals surface area contributed by atoms with Crippen LogP contribution in [0.5, 0.6) is 0 Å². The van der Waals surface area contributed by atoms with Crippen molar-refractivity contribution in [3.63, 3.8) is 0 Å². The van der Waals surface area contributed by atoms with E-state index in [1.807, 2.05) is 11.8 Å². The molecule has 0 aromatic carbocycles. The van der Waals surface area contributed by atoms with Gasteiger partial charge in [0.05, 0.1) is 29.4 Å². The summed E-state index contributed by atoms with van der Waals surface area (Å²) in [7, 11) is -3.15. The zero-order valence-electron chi connectivity index (χ0n) is 15.2. The summed E-state index contributed by atoms with van der Waals surface area (Å²) < 4.78 is 27.0. The molecule has 3 fully saturated rings. The highest BCUT2D eigenvalue weighted by molar-refractivity contribution is 7.90. The van der Waals surface area contributed by atoms with Crippen molar-refractivity contribution in [3.8, 4) is 0 Å². The first kappa shape index (κ1) is 17.9. The molecular weight excluding hydrogens is 352 g/mol. The van der Waals surface area contributed by atoms with E-state index in [2.05, 4.69) is 9.97 Å². The van der Waals surface area contributed by atoms with Gasteiger partial charge in [0.2, 0.25) is 15.9 Å². The Bertz CT molecular complexity index is 791. The van der Waals surface area contributed by atoms with E-state index in [4.69, 9.17) is 0 Å². The number of hydrogen-bond acceptors (Lipinski definition) is 5. The van der Waals surface area contributed by atoms with Gasteiger partial charge in [-0.15, -0.1) is 0 Å². The lowest BCUT2D eigenvalue weighted by molar-refractivity contribution is -0.139. The lowest BCUT2D eigenvalue weighted by Crippen LogP contribution is -2.55. The molecule has 1 spiro atoms. The van der Waals surface area contributed by atoms with Crippen LogP contribution >= 0.6 is 0 Å². The molecule has 1 aromatic heterocycles. The molecule has 0 N–H and O–H groups in total. The maximum absolute atomic E-state index is 12.7. The molecule has 3 aliphatic rings. The second kappa shape index (κ2) is 6.56. The first-order valence-corrected chi connectivity index (χ1v) is 10.9. The van der Waals surface area contributed by atoms with Crippen LogP contribution in [0.15, 0.2) is 12.4 Å². The normalized spacial score (nSPS) is 27.9. The molecule has 1 atom stereocenters. The van der Waals surface area contributed by atoms with Gasteiger partial charge in [-0.2, -0.15) is 0 Å². The molecule has 3 heterocycles. The van der Waals surface area contributed by atoms with Crippen LogP contribution in [0, 0.1) is 12.3 Å². The van der Waals surface area contributed by atoms with Crippen LogP contribution in [-0.4, -0.2) is 58.4 Å². The van der Waals surface area contributed by atoms with Crippen molar-refractivity contribution in [2.75, 3.05) is 19.6 Å². The smallest absolute Gasteiger partial charge is 0.222 e. The molecule has 7 nitrogen and oxygen atoms in total. The van der Waals surface area contributed by atoms with Crippen molar-refractivity contribution in [2.45, 2.75) is 57.2 Å². The van der Waals surface area contributed by atoms with Crippen LogP contribution in [0.25, 0.3) is 0 Å². The van der Waals surface area contributed by atoms with Gasteiger partial charge < -0.3 is 4.90 Å². The molecule has 1 aliphatic carbocycles. The first-order chi connectivity index (χ1) is 12.4. The van der Waals surface area contributed by atoms with Gasteiger partial charge in [-0.1, -0.05) is 0 Å². The minimum Gasteiger partial charge on any atom is -0.336 e. The van der Waals surface area contributed by atoms with Gasteiger partial charge in [-0.25, -0.2) is 12.7 Å². The van der Waals surface area contributed by atoms with Gasteiger partial charge in [0, 0.05) is 37.7 Å². The molecule has 0 unspecified atom stereocenters. The van der Waals surface area contributed by atoms with Gasteiger partial charge in [0.1, 0.15) is 0 Å². The zero-order valence-corrected chi connectivity index (χ0v) is 16.0. The molecule has 0 radical (unpaired) electrons. The number of amides is 1. The van der Waals surface area contributed by atoms with E-state index in [1.165, 1.54) is 0 Å². The Morgan fingerprint density at radius 2 is 2.00 bits per heavy atom. The Morgan fingerprint density at radius 3 is 2.69 bits per heavy atom. The van der Waals surface area contributed by atoms with Gasteiger partial charge in [0.25, 0.3) is 0 Å². The van der Waals surface area contributed by atoms with Gasteiger partial charge in [-0.05, 0) is 39.0 Å². The number of carbonyl (C=O) groups is 1. The van der Waals surface area contributed by atoms with E-state index in [0.717, 1.165) is 43.5 Å². The summed E-state index contributed by atoms with van der Waals surface area (Å²) in [4.78, 5) is 22.9. The number of hydrogen-bond donors (Lipinski definition) is 0. The lowest BCUT2D eigenvalue weighted by atomic mass is 9.74. The van der Waals surface area contributed by atoms with Gasteiger partial charge in [0.15, 0.2) is 0 Å². The monoisotopic (exact) mass is 378 g/mol. The number of nitrogens with zero attached hydrogens (tertiary/aromatic N) is 4. The Morgan fingerprint density at radius 1 is 1.19 bits per heavy atom. The standard InChI is InChI=1S/C18H26N4O3S/c1-14-9-20-15(10-19-14)11-21-12-18(7-5-17(21)23)6-2-8-22(13-18)26(24,25)16-3-4-16/h9-10,16H,2-8,11-13H2,1H3/t18-/m0/s1. The Labute approximate surface area is 154 Å². The molecule has 142 valence electrons. The van der Waals surface area contributed by atoms with Crippen LogP contribution in [0.3, 0.4) is 0 Å². The molecule has 0 bridgehead atoms. The Kier molecular flexibility index (Phi) is 4.51. The highest BCUT2D eigenvalue weighted by Gasteiger charge is 2.47. The number of sulfonamides is 1. The van der Waals surface area contributed by atoms with Gasteiger partial charge >= 0.3 is 0 Å². The van der Waals surface area contributed by atoms with Gasteiger partial charge in [-0.3, -0.25) is 14.8 Å². The molecule has 2 aliphatic heterocycles. The maximum Gasteiger partial charge on any atom is 0.222 e. The first-order valence-electron chi connectivity index (χ1n) is 9.42. The molecule has 1 saturated carbocycles. The topological polar surface area (TPSA) is 83.5 Å². The predicted molar refractivity (Wildman–Crippen MR) is 96.6 cm³/mol. The summed E-state index contributed by atoms with van der Waals surface area (Å²) in [5.74, 6) is 0.125. The van der Waals surface area contributed by atoms with Crippen LogP contribution in [0.4, 0.5) is 0 Å². The van der Waals surface area contributed by atoms with E-state index >= 15 is 0 Å². The molecule has 26 heavy (non-hydrogen) atoms. The van der Waals surface area contributed by atoms with Crippen molar-refractivity contribution in [2.24, 2.45) is 5.41 Å². The second-order valence-corrected chi connectivity index (χ2v) is 10.3. The fraction of sp³-hybridized carbons (Fsp3) is 0.722. The fourth-order valence-electron chi connectivity index (χ4n) is 4.23. The minimum atomic E-state index is -3.15. The van der Waals surface area contributed by atoms with E-state index in [0.29, 0.717) is 32.6 Å². The average molecular weight is 378 g/mol. The van der Waals surface area contributed by atoms with Crippen LogP contribution in [0.2, 0.25) is 0 Å². The Hall–Kier alpha value is -1.54. The largest absolute Gasteiger partial charge is 0.336 e. The molecule has 8 heteroatoms. The number of aromatic nitrogens is 2. The van der Waals surface area contributed by atoms with Crippen LogP contribution in [-0.2, 0) is 21.4 Å². The summed E-state index contributed by atoms with van der Waals surface area (Å²) >= 11 is 0. The summed E-state index contributed by atoms with van der Waals surface area (Å²) in [6.45, 7) is 4.11. The number of likely N-dealkylation sites (tertiary alicyclic amines) is 1. The predicted octanol–water partition coefficient (Wildman–Crippen LogP) is 1.48. The van der Waals surface area contributed by atoms with E-state index in [-0.39, 0.29) is 16.6 Å². The summed E-state index contributed by atoms with van der Waals surface area (Å²) in [5.41, 5.74) is 1.51. The van der Waals surface area contributed by atoms with E-state index in [9.17, 15) is 13.2 Å². The molecule has 1 amide bonds. The van der Waals surface area contributed by atoms with Crippen molar-refractivity contribution >= 4 is 15.9 Å². The number of aryl methyl sites for hydroxylation is 1. The minimum absolute atomic E-state index is 0.119. The summed E-state index contributed by atoms with van der Waals surface area (Å²) in [6, 6.07) is 0. The molecule has 1 aromatic rings. The second-order valence-electron chi connectivity index (χ2n) is 8.08. The quantitative estimate of drug-likeness (QED) is 0.792. The average Bonchev–Trinajstić information content (AvgIpc) is 3.46. The third-order valence-electron chi connectivity index (χ3n) is 5.87. The number of piperidine rings is 2. The van der Waals surface area contributed by atoms with E-state index in [1.54, 1.807) is 16.7 Å². The number of rotatable bonds is 4. The lowest BCUT2D eigenvalue weighted by Gasteiger charge is -2.47. The SMILES string of the molecule is Cc1cnc(CN2C[C@]3(CCCN(S(=O)(=O)C4CC4)C3)CCC2=O)cn1. The van der Waals surface area contributed by atoms with Crippen molar-refractivity contribution in [3.05, 3.63) is 23.8 Å². The molecule has 2 saturated heterocycles.